The summed E-state index contributed by atoms with van der Waals surface area (Å²) >= 11 is 0. The Morgan fingerprint density at radius 3 is 2.89 bits per heavy atom. The molecule has 0 saturated carbocycles. The van der Waals surface area contributed by atoms with E-state index in [-0.39, 0.29) is 6.10 Å². The first kappa shape index (κ1) is 13.5. The van der Waals surface area contributed by atoms with Gasteiger partial charge < -0.3 is 14.8 Å². The molecule has 3 nitrogen and oxygen atoms in total. The molecule has 0 radical (unpaired) electrons. The van der Waals surface area contributed by atoms with Gasteiger partial charge in [0.1, 0.15) is 6.10 Å². The molecule has 2 atom stereocenters. The molecule has 1 heterocycles. The van der Waals surface area contributed by atoms with Gasteiger partial charge in [0.25, 0.3) is 0 Å². The van der Waals surface area contributed by atoms with Gasteiger partial charge in [-0.25, -0.2) is 0 Å². The van der Waals surface area contributed by atoms with Crippen molar-refractivity contribution in [3.63, 3.8) is 0 Å². The maximum atomic E-state index is 5.47. The van der Waals surface area contributed by atoms with Crippen LogP contribution in [0.2, 0.25) is 0 Å². The highest BCUT2D eigenvalue weighted by Crippen LogP contribution is 2.26. The Balaban J connectivity index is 2.12. The lowest BCUT2D eigenvalue weighted by atomic mass is 9.95. The van der Waals surface area contributed by atoms with E-state index in [4.69, 9.17) is 9.47 Å². The zero-order valence-electron chi connectivity index (χ0n) is 11.3. The van der Waals surface area contributed by atoms with E-state index in [1.807, 2.05) is 0 Å². The van der Waals surface area contributed by atoms with Crippen LogP contribution in [0.15, 0.2) is 24.3 Å². The summed E-state index contributed by atoms with van der Waals surface area (Å²) in [5, 5.41) is 3.58. The van der Waals surface area contributed by atoms with Crippen molar-refractivity contribution < 1.29 is 9.47 Å². The van der Waals surface area contributed by atoms with Gasteiger partial charge in [0.15, 0.2) is 0 Å². The second-order valence-corrected chi connectivity index (χ2v) is 4.85. The summed E-state index contributed by atoms with van der Waals surface area (Å²) in [5.41, 5.74) is 2.56. The topological polar surface area (TPSA) is 30.5 Å². The second kappa shape index (κ2) is 6.88. The summed E-state index contributed by atoms with van der Waals surface area (Å²) < 4.78 is 10.7. The monoisotopic (exact) mass is 249 g/mol. The van der Waals surface area contributed by atoms with Crippen molar-refractivity contribution in [2.75, 3.05) is 27.4 Å². The minimum atomic E-state index is 0.0264. The molecule has 0 spiro atoms. The van der Waals surface area contributed by atoms with Gasteiger partial charge in [-0.3, -0.25) is 0 Å². The molecular formula is C15H23NO2. The average Bonchev–Trinajstić information content (AvgIpc) is 2.46. The quantitative estimate of drug-likeness (QED) is 0.870. The standard InChI is InChI=1S/C15H23NO2/c1-17-11-15(18-2)13-7-5-6-12(10-13)14-8-3-4-9-16-14/h5-7,10,14-16H,3-4,8-9,11H2,1-2H3. The van der Waals surface area contributed by atoms with Gasteiger partial charge in [-0.2, -0.15) is 0 Å². The molecule has 0 bridgehead atoms. The predicted octanol–water partition coefficient (Wildman–Crippen LogP) is 2.84. The predicted molar refractivity (Wildman–Crippen MR) is 72.7 cm³/mol. The highest BCUT2D eigenvalue weighted by atomic mass is 16.5. The molecule has 18 heavy (non-hydrogen) atoms. The first-order chi connectivity index (χ1) is 8.85. The third-order valence-electron chi connectivity index (χ3n) is 3.60. The smallest absolute Gasteiger partial charge is 0.105 e. The largest absolute Gasteiger partial charge is 0.382 e. The minimum absolute atomic E-state index is 0.0264. The van der Waals surface area contributed by atoms with Crippen LogP contribution in [0, 0.1) is 0 Å². The molecule has 1 fully saturated rings. The molecule has 1 aliphatic rings. The number of rotatable bonds is 5. The third-order valence-corrected chi connectivity index (χ3v) is 3.60. The highest BCUT2D eigenvalue weighted by molar-refractivity contribution is 5.28. The van der Waals surface area contributed by atoms with E-state index >= 15 is 0 Å². The van der Waals surface area contributed by atoms with Crippen LogP contribution in [0.5, 0.6) is 0 Å². The normalized spacial score (nSPS) is 21.8. The molecule has 100 valence electrons. The Labute approximate surface area is 109 Å². The average molecular weight is 249 g/mol. The number of nitrogens with one attached hydrogen (secondary N) is 1. The van der Waals surface area contributed by atoms with Crippen molar-refractivity contribution in [2.45, 2.75) is 31.4 Å². The number of hydrogen-bond donors (Lipinski definition) is 1. The molecule has 0 aliphatic carbocycles. The van der Waals surface area contributed by atoms with Crippen LogP contribution in [-0.2, 0) is 9.47 Å². The molecule has 1 N–H and O–H groups in total. The Morgan fingerprint density at radius 2 is 2.22 bits per heavy atom. The molecule has 3 heteroatoms. The summed E-state index contributed by atoms with van der Waals surface area (Å²) in [4.78, 5) is 0. The van der Waals surface area contributed by atoms with Crippen LogP contribution >= 0.6 is 0 Å². The first-order valence-corrected chi connectivity index (χ1v) is 6.70. The Bertz CT molecular complexity index is 341. The lowest BCUT2D eigenvalue weighted by molar-refractivity contribution is 0.0274. The van der Waals surface area contributed by atoms with Crippen molar-refractivity contribution in [3.05, 3.63) is 35.4 Å². The molecule has 2 rings (SSSR count). The van der Waals surface area contributed by atoms with E-state index < -0.39 is 0 Å². The van der Waals surface area contributed by atoms with Gasteiger partial charge >= 0.3 is 0 Å². The summed E-state index contributed by atoms with van der Waals surface area (Å²) in [7, 11) is 3.44. The summed E-state index contributed by atoms with van der Waals surface area (Å²) in [6, 6.07) is 9.17. The van der Waals surface area contributed by atoms with Gasteiger partial charge in [0, 0.05) is 20.3 Å². The fraction of sp³-hybridized carbons (Fsp3) is 0.600. The molecule has 0 aromatic heterocycles. The molecule has 1 aliphatic heterocycles. The minimum Gasteiger partial charge on any atom is -0.382 e. The maximum Gasteiger partial charge on any atom is 0.105 e. The van der Waals surface area contributed by atoms with Crippen LogP contribution in [-0.4, -0.2) is 27.4 Å². The summed E-state index contributed by atoms with van der Waals surface area (Å²) in [6.45, 7) is 1.72. The molecule has 0 amide bonds. The molecule has 1 saturated heterocycles. The lowest BCUT2D eigenvalue weighted by Crippen LogP contribution is -2.26. The number of piperidine rings is 1. The zero-order valence-corrected chi connectivity index (χ0v) is 11.3. The van der Waals surface area contributed by atoms with Crippen LogP contribution in [0.3, 0.4) is 0 Å². The van der Waals surface area contributed by atoms with Crippen molar-refractivity contribution in [1.82, 2.24) is 5.32 Å². The van der Waals surface area contributed by atoms with Crippen LogP contribution in [0.4, 0.5) is 0 Å². The SMILES string of the molecule is COCC(OC)c1cccc(C2CCCCN2)c1. The van der Waals surface area contributed by atoms with E-state index in [9.17, 15) is 0 Å². The maximum absolute atomic E-state index is 5.47. The van der Waals surface area contributed by atoms with Gasteiger partial charge in [0.05, 0.1) is 6.61 Å². The van der Waals surface area contributed by atoms with E-state index in [0.717, 1.165) is 6.54 Å². The van der Waals surface area contributed by atoms with Crippen molar-refractivity contribution in [3.8, 4) is 0 Å². The number of ether oxygens (including phenoxy) is 2. The third kappa shape index (κ3) is 3.31. The zero-order chi connectivity index (χ0) is 12.8. The van der Waals surface area contributed by atoms with Crippen LogP contribution in [0.1, 0.15) is 42.5 Å². The molecule has 1 aromatic rings. The van der Waals surface area contributed by atoms with Gasteiger partial charge in [-0.1, -0.05) is 30.7 Å². The Kier molecular flexibility index (Phi) is 5.17. The number of methoxy groups -OCH3 is 2. The fourth-order valence-electron chi connectivity index (χ4n) is 2.56. The Hall–Kier alpha value is -0.900. The molecule has 2 unspecified atom stereocenters. The van der Waals surface area contributed by atoms with E-state index in [1.54, 1.807) is 14.2 Å². The number of benzene rings is 1. The van der Waals surface area contributed by atoms with Gasteiger partial charge in [-0.05, 0) is 30.5 Å². The van der Waals surface area contributed by atoms with Gasteiger partial charge in [0.2, 0.25) is 0 Å². The van der Waals surface area contributed by atoms with Crippen molar-refractivity contribution >= 4 is 0 Å². The van der Waals surface area contributed by atoms with E-state index in [1.165, 1.54) is 30.4 Å². The van der Waals surface area contributed by atoms with Gasteiger partial charge in [-0.15, -0.1) is 0 Å². The number of hydrogen-bond acceptors (Lipinski definition) is 3. The van der Waals surface area contributed by atoms with Crippen LogP contribution in [0.25, 0.3) is 0 Å². The Morgan fingerprint density at radius 1 is 1.33 bits per heavy atom. The first-order valence-electron chi connectivity index (χ1n) is 6.70. The van der Waals surface area contributed by atoms with Crippen LogP contribution < -0.4 is 5.32 Å². The lowest BCUT2D eigenvalue weighted by Gasteiger charge is -2.25. The summed E-state index contributed by atoms with van der Waals surface area (Å²) in [6.07, 6.45) is 3.86. The molecular weight excluding hydrogens is 226 g/mol. The fourth-order valence-corrected chi connectivity index (χ4v) is 2.56. The second-order valence-electron chi connectivity index (χ2n) is 4.85. The summed E-state index contributed by atoms with van der Waals surface area (Å²) in [5.74, 6) is 0. The van der Waals surface area contributed by atoms with Crippen molar-refractivity contribution in [2.24, 2.45) is 0 Å². The van der Waals surface area contributed by atoms with E-state index in [2.05, 4.69) is 29.6 Å². The molecule has 1 aromatic carbocycles. The van der Waals surface area contributed by atoms with Crippen molar-refractivity contribution in [1.29, 1.82) is 0 Å². The van der Waals surface area contributed by atoms with E-state index in [0.29, 0.717) is 12.6 Å². The highest BCUT2D eigenvalue weighted by Gasteiger charge is 2.17.